The number of hydrogen-bond acceptors (Lipinski definition) is 6. The van der Waals surface area contributed by atoms with E-state index in [-0.39, 0.29) is 5.56 Å². The minimum absolute atomic E-state index is 0.123. The minimum atomic E-state index is -0.123. The van der Waals surface area contributed by atoms with E-state index in [1.807, 2.05) is 78.9 Å². The molecule has 0 aliphatic carbocycles. The molecule has 0 saturated carbocycles. The van der Waals surface area contributed by atoms with Crippen LogP contribution >= 0.6 is 11.3 Å². The molecule has 0 atom stereocenters. The molecule has 5 rings (SSSR count). The summed E-state index contributed by atoms with van der Waals surface area (Å²) >= 11 is 1.37. The van der Waals surface area contributed by atoms with Gasteiger partial charge < -0.3 is 14.2 Å². The number of imidazole rings is 1. The monoisotopic (exact) mass is 470 g/mol. The Bertz CT molecular complexity index is 1550. The van der Waals surface area contributed by atoms with Crippen LogP contribution in [-0.4, -0.2) is 30.7 Å². The number of aromatic nitrogens is 2. The van der Waals surface area contributed by atoms with Crippen molar-refractivity contribution in [2.24, 2.45) is 0 Å². The molecule has 0 unspecified atom stereocenters. The Morgan fingerprint density at radius 3 is 2.03 bits per heavy atom. The van der Waals surface area contributed by atoms with Crippen LogP contribution in [0.15, 0.2) is 77.6 Å². The van der Waals surface area contributed by atoms with Crippen LogP contribution in [0.3, 0.4) is 0 Å². The number of nitrogens with zero attached hydrogens (tertiary/aromatic N) is 2. The molecule has 0 saturated heterocycles. The standard InChI is InChI=1S/C27H22N2O4S/c1-31-20-15-19(16-21(32-2)25(20)33-3)24-23(18-12-8-5-9-13-18)28-27-29(24)26(30)22(34-27)14-17-10-6-4-7-11-17/h4-16H,1-3H3. The summed E-state index contributed by atoms with van der Waals surface area (Å²) in [6.07, 6.45) is 1.89. The van der Waals surface area contributed by atoms with E-state index in [0.29, 0.717) is 38.1 Å². The second-order valence-electron chi connectivity index (χ2n) is 7.53. The second-order valence-corrected chi connectivity index (χ2v) is 8.54. The summed E-state index contributed by atoms with van der Waals surface area (Å²) in [5.74, 6) is 1.50. The number of methoxy groups -OCH3 is 3. The van der Waals surface area contributed by atoms with Gasteiger partial charge in [0.15, 0.2) is 16.5 Å². The fourth-order valence-electron chi connectivity index (χ4n) is 3.98. The molecule has 5 aromatic rings. The molecular weight excluding hydrogens is 448 g/mol. The van der Waals surface area contributed by atoms with Gasteiger partial charge in [-0.05, 0) is 23.8 Å². The summed E-state index contributed by atoms with van der Waals surface area (Å²) in [5.41, 5.74) is 3.88. The normalized spacial score (nSPS) is 11.7. The van der Waals surface area contributed by atoms with Crippen LogP contribution < -0.4 is 24.3 Å². The van der Waals surface area contributed by atoms with E-state index in [0.717, 1.165) is 16.7 Å². The summed E-state index contributed by atoms with van der Waals surface area (Å²) in [7, 11) is 4.70. The molecular formula is C27H22N2O4S. The summed E-state index contributed by atoms with van der Waals surface area (Å²) < 4.78 is 18.9. The van der Waals surface area contributed by atoms with Gasteiger partial charge in [0.1, 0.15) is 0 Å². The molecule has 0 aliphatic rings. The van der Waals surface area contributed by atoms with Crippen molar-refractivity contribution < 1.29 is 14.2 Å². The first-order valence-corrected chi connectivity index (χ1v) is 11.4. The quantitative estimate of drug-likeness (QED) is 0.361. The third kappa shape index (κ3) is 3.70. The molecule has 6 nitrogen and oxygen atoms in total. The Balaban J connectivity index is 1.84. The van der Waals surface area contributed by atoms with E-state index in [1.54, 1.807) is 25.7 Å². The molecule has 0 amide bonds. The Labute approximate surface area is 200 Å². The van der Waals surface area contributed by atoms with Crippen molar-refractivity contribution >= 4 is 22.4 Å². The predicted molar refractivity (Wildman–Crippen MR) is 135 cm³/mol. The third-order valence-electron chi connectivity index (χ3n) is 5.54. The van der Waals surface area contributed by atoms with Crippen molar-refractivity contribution in [1.29, 1.82) is 0 Å². The maximum atomic E-state index is 13.6. The highest BCUT2D eigenvalue weighted by Crippen LogP contribution is 2.43. The maximum absolute atomic E-state index is 13.6. The molecule has 2 aromatic heterocycles. The lowest BCUT2D eigenvalue weighted by molar-refractivity contribution is 0.324. The van der Waals surface area contributed by atoms with Crippen LogP contribution in [0.5, 0.6) is 17.2 Å². The van der Waals surface area contributed by atoms with E-state index in [4.69, 9.17) is 19.2 Å². The van der Waals surface area contributed by atoms with E-state index in [1.165, 1.54) is 11.3 Å². The van der Waals surface area contributed by atoms with Crippen molar-refractivity contribution in [2.75, 3.05) is 21.3 Å². The van der Waals surface area contributed by atoms with Gasteiger partial charge in [-0.25, -0.2) is 9.38 Å². The van der Waals surface area contributed by atoms with Gasteiger partial charge >= 0.3 is 0 Å². The minimum Gasteiger partial charge on any atom is -0.493 e. The molecule has 34 heavy (non-hydrogen) atoms. The van der Waals surface area contributed by atoms with Gasteiger partial charge in [0.25, 0.3) is 5.56 Å². The fraction of sp³-hybridized carbons (Fsp3) is 0.111. The van der Waals surface area contributed by atoms with Crippen LogP contribution in [0, 0.1) is 0 Å². The summed E-state index contributed by atoms with van der Waals surface area (Å²) in [4.78, 5) is 19.1. The third-order valence-corrected chi connectivity index (χ3v) is 6.51. The first-order chi connectivity index (χ1) is 16.6. The lowest BCUT2D eigenvalue weighted by Gasteiger charge is -2.14. The summed E-state index contributed by atoms with van der Waals surface area (Å²) in [5, 5.41) is 0. The highest BCUT2D eigenvalue weighted by atomic mass is 32.1. The average Bonchev–Trinajstić information content (AvgIpc) is 3.40. The fourth-order valence-corrected chi connectivity index (χ4v) is 4.95. The number of ether oxygens (including phenoxy) is 3. The van der Waals surface area contributed by atoms with Crippen molar-refractivity contribution in [3.05, 3.63) is 93.2 Å². The zero-order chi connectivity index (χ0) is 23.7. The average molecular weight is 471 g/mol. The van der Waals surface area contributed by atoms with Gasteiger partial charge in [-0.2, -0.15) is 0 Å². The number of benzene rings is 3. The van der Waals surface area contributed by atoms with Crippen LogP contribution in [0.2, 0.25) is 0 Å². The van der Waals surface area contributed by atoms with E-state index in [9.17, 15) is 4.79 Å². The molecule has 0 aliphatic heterocycles. The van der Waals surface area contributed by atoms with Crippen LogP contribution in [0.4, 0.5) is 0 Å². The Morgan fingerprint density at radius 2 is 1.44 bits per heavy atom. The van der Waals surface area contributed by atoms with E-state index in [2.05, 4.69) is 0 Å². The van der Waals surface area contributed by atoms with Gasteiger partial charge in [-0.3, -0.25) is 4.79 Å². The zero-order valence-corrected chi connectivity index (χ0v) is 19.8. The predicted octanol–water partition coefficient (Wildman–Crippen LogP) is 4.66. The van der Waals surface area contributed by atoms with Crippen molar-refractivity contribution in [1.82, 2.24) is 9.38 Å². The molecule has 0 N–H and O–H groups in total. The van der Waals surface area contributed by atoms with Gasteiger partial charge in [0, 0.05) is 11.1 Å². The molecule has 0 fully saturated rings. The zero-order valence-electron chi connectivity index (χ0n) is 18.9. The van der Waals surface area contributed by atoms with Crippen LogP contribution in [0.1, 0.15) is 5.56 Å². The lowest BCUT2D eigenvalue weighted by Crippen LogP contribution is -2.23. The lowest BCUT2D eigenvalue weighted by atomic mass is 10.0. The van der Waals surface area contributed by atoms with Gasteiger partial charge in [0.05, 0.1) is 37.2 Å². The highest BCUT2D eigenvalue weighted by molar-refractivity contribution is 7.15. The Hall–Kier alpha value is -4.10. The molecule has 3 aromatic carbocycles. The van der Waals surface area contributed by atoms with E-state index < -0.39 is 0 Å². The summed E-state index contributed by atoms with van der Waals surface area (Å²) in [6, 6.07) is 23.3. The molecule has 2 heterocycles. The largest absolute Gasteiger partial charge is 0.493 e. The highest BCUT2D eigenvalue weighted by Gasteiger charge is 2.23. The van der Waals surface area contributed by atoms with Crippen LogP contribution in [0.25, 0.3) is 33.6 Å². The number of fused-ring (bicyclic) bond motifs is 1. The van der Waals surface area contributed by atoms with Crippen LogP contribution in [-0.2, 0) is 0 Å². The molecule has 0 bridgehead atoms. The Morgan fingerprint density at radius 1 is 0.824 bits per heavy atom. The first kappa shape index (κ1) is 21.7. The molecule has 170 valence electrons. The molecule has 0 spiro atoms. The first-order valence-electron chi connectivity index (χ1n) is 10.6. The van der Waals surface area contributed by atoms with Gasteiger partial charge in [0.2, 0.25) is 5.75 Å². The number of hydrogen-bond donors (Lipinski definition) is 0. The van der Waals surface area contributed by atoms with Crippen molar-refractivity contribution in [3.8, 4) is 39.8 Å². The van der Waals surface area contributed by atoms with Crippen molar-refractivity contribution in [3.63, 3.8) is 0 Å². The maximum Gasteiger partial charge on any atom is 0.274 e. The Kier molecular flexibility index (Phi) is 5.77. The number of rotatable bonds is 6. The van der Waals surface area contributed by atoms with Gasteiger partial charge in [-0.15, -0.1) is 0 Å². The smallest absolute Gasteiger partial charge is 0.274 e. The topological polar surface area (TPSA) is 62.1 Å². The second kappa shape index (κ2) is 9.03. The van der Waals surface area contributed by atoms with E-state index >= 15 is 0 Å². The van der Waals surface area contributed by atoms with Crippen molar-refractivity contribution in [2.45, 2.75) is 0 Å². The summed E-state index contributed by atoms with van der Waals surface area (Å²) in [6.45, 7) is 0. The SMILES string of the molecule is COc1cc(-c2c(-c3ccccc3)nc3sc(=Cc4ccccc4)c(=O)n23)cc(OC)c1OC. The molecule has 0 radical (unpaired) electrons. The molecule has 7 heteroatoms. The van der Waals surface area contributed by atoms with Gasteiger partial charge in [-0.1, -0.05) is 72.0 Å². The number of thiazole rings is 1.